The molecule has 0 aliphatic carbocycles. The summed E-state index contributed by atoms with van der Waals surface area (Å²) in [6.07, 6.45) is 0.953. The fourth-order valence-corrected chi connectivity index (χ4v) is 2.75. The van der Waals surface area contributed by atoms with E-state index in [2.05, 4.69) is 60.4 Å². The molecule has 0 amide bonds. The summed E-state index contributed by atoms with van der Waals surface area (Å²) in [5, 5.41) is 6.76. The van der Waals surface area contributed by atoms with Crippen LogP contribution in [0, 0.1) is 0 Å². The zero-order chi connectivity index (χ0) is 17.9. The highest BCUT2D eigenvalue weighted by Gasteiger charge is 2.12. The third-order valence-electron chi connectivity index (χ3n) is 4.08. The molecule has 0 heterocycles. The number of nitrogens with one attached hydrogen (secondary N) is 2. The van der Waals surface area contributed by atoms with Crippen molar-refractivity contribution < 1.29 is 4.74 Å². The molecule has 0 atom stereocenters. The lowest BCUT2D eigenvalue weighted by Crippen LogP contribution is -2.45. The Bertz CT molecular complexity index is 481. The van der Waals surface area contributed by atoms with Crippen LogP contribution in [0.4, 0.5) is 0 Å². The minimum Gasteiger partial charge on any atom is -0.497 e. The van der Waals surface area contributed by atoms with E-state index in [1.165, 1.54) is 5.56 Å². The van der Waals surface area contributed by atoms with Crippen LogP contribution in [0.3, 0.4) is 0 Å². The van der Waals surface area contributed by atoms with Crippen LogP contribution in [0.2, 0.25) is 0 Å². The van der Waals surface area contributed by atoms with Gasteiger partial charge in [0.1, 0.15) is 5.75 Å². The summed E-state index contributed by atoms with van der Waals surface area (Å²) in [4.78, 5) is 6.76. The van der Waals surface area contributed by atoms with E-state index in [-0.39, 0.29) is 24.0 Å². The van der Waals surface area contributed by atoms with Crippen molar-refractivity contribution in [3.63, 3.8) is 0 Å². The van der Waals surface area contributed by atoms with Crippen molar-refractivity contribution in [2.75, 3.05) is 33.8 Å². The zero-order valence-electron chi connectivity index (χ0n) is 16.5. The lowest BCUT2D eigenvalue weighted by atomic mass is 10.1. The van der Waals surface area contributed by atoms with E-state index >= 15 is 0 Å². The molecule has 0 saturated carbocycles. The molecule has 0 unspecified atom stereocenters. The molecular formula is C19H35IN4O. The molecule has 6 heteroatoms. The molecule has 1 rings (SSSR count). The van der Waals surface area contributed by atoms with Gasteiger partial charge in [-0.15, -0.1) is 24.0 Å². The highest BCUT2D eigenvalue weighted by atomic mass is 127. The number of halogens is 1. The van der Waals surface area contributed by atoms with Gasteiger partial charge in [-0.05, 0) is 51.8 Å². The zero-order valence-corrected chi connectivity index (χ0v) is 18.8. The van der Waals surface area contributed by atoms with E-state index < -0.39 is 0 Å². The summed E-state index contributed by atoms with van der Waals surface area (Å²) in [6.45, 7) is 11.7. The quantitative estimate of drug-likeness (QED) is 0.337. The first kappa shape index (κ1) is 24.0. The molecule has 0 aliphatic heterocycles. The summed E-state index contributed by atoms with van der Waals surface area (Å²) in [7, 11) is 3.50. The fourth-order valence-electron chi connectivity index (χ4n) is 2.75. The summed E-state index contributed by atoms with van der Waals surface area (Å²) in [6, 6.07) is 9.29. The normalized spacial score (nSPS) is 11.6. The Kier molecular flexibility index (Phi) is 12.7. The highest BCUT2D eigenvalue weighted by molar-refractivity contribution is 14.0. The lowest BCUT2D eigenvalue weighted by Gasteiger charge is -2.30. The molecule has 25 heavy (non-hydrogen) atoms. The predicted molar refractivity (Wildman–Crippen MR) is 118 cm³/mol. The molecule has 0 aliphatic rings. The van der Waals surface area contributed by atoms with Gasteiger partial charge >= 0.3 is 0 Å². The average Bonchev–Trinajstić information content (AvgIpc) is 2.56. The van der Waals surface area contributed by atoms with Crippen molar-refractivity contribution in [2.24, 2.45) is 4.99 Å². The summed E-state index contributed by atoms with van der Waals surface area (Å²) in [5.41, 5.74) is 1.28. The molecule has 0 saturated heterocycles. The number of ether oxygens (including phenoxy) is 1. The van der Waals surface area contributed by atoms with Crippen molar-refractivity contribution in [3.8, 4) is 5.75 Å². The number of aliphatic imine (C=N–C) groups is 1. The molecule has 0 radical (unpaired) electrons. The lowest BCUT2D eigenvalue weighted by molar-refractivity contribution is 0.178. The van der Waals surface area contributed by atoms with Gasteiger partial charge in [0.15, 0.2) is 5.96 Å². The van der Waals surface area contributed by atoms with Crippen LogP contribution in [-0.4, -0.2) is 56.7 Å². The van der Waals surface area contributed by atoms with Gasteiger partial charge in [0.05, 0.1) is 7.11 Å². The number of hydrogen-bond donors (Lipinski definition) is 2. The Labute approximate surface area is 170 Å². The molecule has 0 bridgehead atoms. The van der Waals surface area contributed by atoms with Gasteiger partial charge in [0, 0.05) is 38.8 Å². The van der Waals surface area contributed by atoms with Crippen LogP contribution in [0.15, 0.2) is 29.3 Å². The number of benzene rings is 1. The van der Waals surface area contributed by atoms with Crippen LogP contribution >= 0.6 is 24.0 Å². The van der Waals surface area contributed by atoms with Crippen molar-refractivity contribution in [2.45, 2.75) is 46.2 Å². The number of guanidine groups is 1. The second-order valence-electron chi connectivity index (χ2n) is 6.45. The van der Waals surface area contributed by atoms with Crippen LogP contribution in [0.5, 0.6) is 5.75 Å². The topological polar surface area (TPSA) is 48.9 Å². The number of hydrogen-bond acceptors (Lipinski definition) is 3. The second-order valence-corrected chi connectivity index (χ2v) is 6.45. The van der Waals surface area contributed by atoms with Gasteiger partial charge in [0.25, 0.3) is 0 Å². The monoisotopic (exact) mass is 462 g/mol. The maximum absolute atomic E-state index is 5.18. The molecule has 1 aromatic carbocycles. The molecule has 0 spiro atoms. The Hall–Kier alpha value is -1.02. The molecule has 5 nitrogen and oxygen atoms in total. The standard InChI is InChI=1S/C19H34N4O.HI/c1-15(2)23(16(3)4)14-13-22-19(20-5)21-12-11-17-7-9-18(24-6)10-8-17;/h7-10,15-16H,11-14H2,1-6H3,(H2,20,21,22);1H. The Balaban J connectivity index is 0.00000576. The molecule has 0 fully saturated rings. The van der Waals surface area contributed by atoms with E-state index in [1.807, 2.05) is 19.2 Å². The van der Waals surface area contributed by atoms with E-state index in [9.17, 15) is 0 Å². The highest BCUT2D eigenvalue weighted by Crippen LogP contribution is 2.11. The SMILES string of the molecule is CN=C(NCCc1ccc(OC)cc1)NCCN(C(C)C)C(C)C.I. The summed E-state index contributed by atoms with van der Waals surface area (Å²) >= 11 is 0. The van der Waals surface area contributed by atoms with Crippen LogP contribution in [-0.2, 0) is 6.42 Å². The third-order valence-corrected chi connectivity index (χ3v) is 4.08. The number of nitrogens with zero attached hydrogens (tertiary/aromatic N) is 2. The van der Waals surface area contributed by atoms with Gasteiger partial charge in [0.2, 0.25) is 0 Å². The number of rotatable bonds is 9. The predicted octanol–water partition coefficient (Wildman–Crippen LogP) is 3.14. The summed E-state index contributed by atoms with van der Waals surface area (Å²) < 4.78 is 5.18. The molecule has 144 valence electrons. The van der Waals surface area contributed by atoms with Crippen molar-refractivity contribution >= 4 is 29.9 Å². The number of methoxy groups -OCH3 is 1. The van der Waals surface area contributed by atoms with Crippen molar-refractivity contribution in [1.82, 2.24) is 15.5 Å². The van der Waals surface area contributed by atoms with E-state index in [4.69, 9.17) is 4.74 Å². The van der Waals surface area contributed by atoms with Crippen LogP contribution < -0.4 is 15.4 Å². The van der Waals surface area contributed by atoms with Gasteiger partial charge < -0.3 is 15.4 Å². The molecular weight excluding hydrogens is 427 g/mol. The largest absolute Gasteiger partial charge is 0.497 e. The van der Waals surface area contributed by atoms with Gasteiger partial charge in [-0.3, -0.25) is 9.89 Å². The molecule has 0 aromatic heterocycles. The van der Waals surface area contributed by atoms with Gasteiger partial charge in [-0.2, -0.15) is 0 Å². The van der Waals surface area contributed by atoms with E-state index in [0.29, 0.717) is 12.1 Å². The van der Waals surface area contributed by atoms with E-state index in [1.54, 1.807) is 7.11 Å². The first-order valence-electron chi connectivity index (χ1n) is 8.81. The third kappa shape index (κ3) is 9.30. The Morgan fingerprint density at radius 2 is 1.60 bits per heavy atom. The van der Waals surface area contributed by atoms with Crippen molar-refractivity contribution in [1.29, 1.82) is 0 Å². The minimum atomic E-state index is 0. The average molecular weight is 462 g/mol. The van der Waals surface area contributed by atoms with Crippen LogP contribution in [0.25, 0.3) is 0 Å². The van der Waals surface area contributed by atoms with Crippen molar-refractivity contribution in [3.05, 3.63) is 29.8 Å². The molecule has 1 aromatic rings. The minimum absolute atomic E-state index is 0. The first-order chi connectivity index (χ1) is 11.5. The Morgan fingerprint density at radius 3 is 2.08 bits per heavy atom. The summed E-state index contributed by atoms with van der Waals surface area (Å²) in [5.74, 6) is 1.75. The smallest absolute Gasteiger partial charge is 0.191 e. The van der Waals surface area contributed by atoms with Crippen LogP contribution in [0.1, 0.15) is 33.3 Å². The maximum atomic E-state index is 5.18. The first-order valence-corrected chi connectivity index (χ1v) is 8.81. The molecule has 2 N–H and O–H groups in total. The van der Waals surface area contributed by atoms with Gasteiger partial charge in [-0.1, -0.05) is 12.1 Å². The Morgan fingerprint density at radius 1 is 1.04 bits per heavy atom. The second kappa shape index (κ2) is 13.2. The van der Waals surface area contributed by atoms with E-state index in [0.717, 1.165) is 37.8 Å². The van der Waals surface area contributed by atoms with Gasteiger partial charge in [-0.25, -0.2) is 0 Å². The maximum Gasteiger partial charge on any atom is 0.191 e. The fraction of sp³-hybridized carbons (Fsp3) is 0.632.